The van der Waals surface area contributed by atoms with E-state index in [0.717, 1.165) is 5.56 Å². The smallest absolute Gasteiger partial charge is 0.371 e. The molecule has 2 N–H and O–H groups in total. The second-order valence-corrected chi connectivity index (χ2v) is 4.22. The molecule has 0 unspecified atom stereocenters. The minimum atomic E-state index is -4.27. The van der Waals surface area contributed by atoms with Gasteiger partial charge in [0.1, 0.15) is 6.61 Å². The van der Waals surface area contributed by atoms with Crippen LogP contribution in [-0.4, -0.2) is 43.9 Å². The van der Waals surface area contributed by atoms with Crippen LogP contribution in [0.3, 0.4) is 0 Å². The Balaban J connectivity index is 2.32. The van der Waals surface area contributed by atoms with Crippen LogP contribution < -0.4 is 5.73 Å². The van der Waals surface area contributed by atoms with Gasteiger partial charge in [0.15, 0.2) is 0 Å². The number of benzene rings is 1. The predicted molar refractivity (Wildman–Crippen MR) is 67.6 cm³/mol. The SMILES string of the molecule is NCCN(CCOCC(F)(F)F)Cc1ccccc1. The molecule has 0 spiro atoms. The van der Waals surface area contributed by atoms with Crippen molar-refractivity contribution in [2.24, 2.45) is 5.73 Å². The van der Waals surface area contributed by atoms with Crippen molar-refractivity contribution in [3.8, 4) is 0 Å². The summed E-state index contributed by atoms with van der Waals surface area (Å²) in [4.78, 5) is 1.98. The fourth-order valence-electron chi connectivity index (χ4n) is 1.68. The van der Waals surface area contributed by atoms with E-state index in [2.05, 4.69) is 4.74 Å². The number of hydrogen-bond acceptors (Lipinski definition) is 3. The van der Waals surface area contributed by atoms with Crippen molar-refractivity contribution in [1.82, 2.24) is 4.90 Å². The van der Waals surface area contributed by atoms with E-state index in [1.807, 2.05) is 35.2 Å². The highest BCUT2D eigenvalue weighted by Gasteiger charge is 2.27. The Bertz CT molecular complexity index is 343. The van der Waals surface area contributed by atoms with Crippen LogP contribution in [0.1, 0.15) is 5.56 Å². The van der Waals surface area contributed by atoms with Crippen molar-refractivity contribution < 1.29 is 17.9 Å². The van der Waals surface area contributed by atoms with Crippen LogP contribution in [0, 0.1) is 0 Å². The molecule has 19 heavy (non-hydrogen) atoms. The highest BCUT2D eigenvalue weighted by Crippen LogP contribution is 2.14. The summed E-state index contributed by atoms with van der Waals surface area (Å²) in [5.41, 5.74) is 6.60. The number of nitrogens with zero attached hydrogens (tertiary/aromatic N) is 1. The second kappa shape index (κ2) is 8.14. The van der Waals surface area contributed by atoms with Gasteiger partial charge in [-0.1, -0.05) is 30.3 Å². The summed E-state index contributed by atoms with van der Waals surface area (Å²) in [6.07, 6.45) is -4.27. The molecular weight excluding hydrogens is 257 g/mol. The van der Waals surface area contributed by atoms with Crippen LogP contribution in [0.2, 0.25) is 0 Å². The third-order valence-corrected chi connectivity index (χ3v) is 2.51. The molecule has 0 aromatic heterocycles. The predicted octanol–water partition coefficient (Wildman–Crippen LogP) is 2.03. The quantitative estimate of drug-likeness (QED) is 0.738. The average Bonchev–Trinajstić information content (AvgIpc) is 2.35. The summed E-state index contributed by atoms with van der Waals surface area (Å²) >= 11 is 0. The Morgan fingerprint density at radius 2 is 1.79 bits per heavy atom. The lowest BCUT2D eigenvalue weighted by atomic mass is 10.2. The second-order valence-electron chi connectivity index (χ2n) is 4.22. The van der Waals surface area contributed by atoms with Crippen molar-refractivity contribution in [1.29, 1.82) is 0 Å². The van der Waals surface area contributed by atoms with Gasteiger partial charge in [-0.15, -0.1) is 0 Å². The molecule has 0 radical (unpaired) electrons. The first-order valence-corrected chi connectivity index (χ1v) is 6.12. The van der Waals surface area contributed by atoms with Gasteiger partial charge >= 0.3 is 6.18 Å². The molecule has 0 heterocycles. The summed E-state index contributed by atoms with van der Waals surface area (Å²) < 4.78 is 40.4. The van der Waals surface area contributed by atoms with Crippen molar-refractivity contribution in [3.63, 3.8) is 0 Å². The minimum Gasteiger partial charge on any atom is -0.371 e. The molecule has 1 aromatic carbocycles. The third kappa shape index (κ3) is 7.81. The Morgan fingerprint density at radius 3 is 2.37 bits per heavy atom. The maximum absolute atomic E-state index is 11.9. The molecule has 0 saturated carbocycles. The van der Waals surface area contributed by atoms with E-state index < -0.39 is 12.8 Å². The molecule has 108 valence electrons. The van der Waals surface area contributed by atoms with E-state index in [1.54, 1.807) is 0 Å². The molecule has 0 atom stereocenters. The first kappa shape index (κ1) is 15.9. The standard InChI is InChI=1S/C13H19F3N2O/c14-13(15,16)11-19-9-8-18(7-6-17)10-12-4-2-1-3-5-12/h1-5H,6-11,17H2. The van der Waals surface area contributed by atoms with Crippen LogP contribution in [0.4, 0.5) is 13.2 Å². The first-order valence-electron chi connectivity index (χ1n) is 6.12. The van der Waals surface area contributed by atoms with E-state index in [0.29, 0.717) is 26.2 Å². The molecule has 3 nitrogen and oxygen atoms in total. The zero-order chi connectivity index (χ0) is 14.1. The van der Waals surface area contributed by atoms with Crippen LogP contribution in [-0.2, 0) is 11.3 Å². The van der Waals surface area contributed by atoms with Crippen LogP contribution in [0.25, 0.3) is 0 Å². The number of nitrogens with two attached hydrogens (primary N) is 1. The summed E-state index contributed by atoms with van der Waals surface area (Å²) in [5, 5.41) is 0. The van der Waals surface area contributed by atoms with E-state index >= 15 is 0 Å². The summed E-state index contributed by atoms with van der Waals surface area (Å²) in [5.74, 6) is 0. The Hall–Kier alpha value is -1.11. The van der Waals surface area contributed by atoms with Gasteiger partial charge in [0.05, 0.1) is 6.61 Å². The van der Waals surface area contributed by atoms with E-state index in [9.17, 15) is 13.2 Å². The molecule has 0 bridgehead atoms. The number of rotatable bonds is 8. The maximum atomic E-state index is 11.9. The van der Waals surface area contributed by atoms with Gasteiger partial charge in [0.2, 0.25) is 0 Å². The molecule has 1 rings (SSSR count). The normalized spacial score (nSPS) is 12.1. The van der Waals surface area contributed by atoms with Gasteiger partial charge in [0.25, 0.3) is 0 Å². The van der Waals surface area contributed by atoms with E-state index in [-0.39, 0.29) is 6.61 Å². The van der Waals surface area contributed by atoms with E-state index in [1.165, 1.54) is 0 Å². The topological polar surface area (TPSA) is 38.5 Å². The fraction of sp³-hybridized carbons (Fsp3) is 0.538. The van der Waals surface area contributed by atoms with Crippen molar-refractivity contribution in [2.75, 3.05) is 32.8 Å². The molecule has 0 aliphatic carbocycles. The van der Waals surface area contributed by atoms with Gasteiger partial charge in [-0.25, -0.2) is 0 Å². The molecule has 6 heteroatoms. The summed E-state index contributed by atoms with van der Waals surface area (Å²) in [6.45, 7) is 1.03. The minimum absolute atomic E-state index is 0.0480. The van der Waals surface area contributed by atoms with Crippen molar-refractivity contribution >= 4 is 0 Å². The molecule has 1 aromatic rings. The summed E-state index contributed by atoms with van der Waals surface area (Å²) in [7, 11) is 0. The number of alkyl halides is 3. The van der Waals surface area contributed by atoms with Gasteiger partial charge in [0, 0.05) is 26.2 Å². The Morgan fingerprint density at radius 1 is 1.11 bits per heavy atom. The molecule has 0 amide bonds. The molecule has 0 aliphatic heterocycles. The molecule has 0 saturated heterocycles. The number of hydrogen-bond donors (Lipinski definition) is 1. The monoisotopic (exact) mass is 276 g/mol. The number of ether oxygens (including phenoxy) is 1. The zero-order valence-electron chi connectivity index (χ0n) is 10.7. The van der Waals surface area contributed by atoms with Crippen molar-refractivity contribution in [3.05, 3.63) is 35.9 Å². The van der Waals surface area contributed by atoms with Crippen LogP contribution in [0.15, 0.2) is 30.3 Å². The third-order valence-electron chi connectivity index (χ3n) is 2.51. The van der Waals surface area contributed by atoms with E-state index in [4.69, 9.17) is 5.73 Å². The Labute approximate surface area is 111 Å². The Kier molecular flexibility index (Phi) is 6.83. The zero-order valence-corrected chi connectivity index (χ0v) is 10.7. The fourth-order valence-corrected chi connectivity index (χ4v) is 1.68. The number of halogens is 3. The lowest BCUT2D eigenvalue weighted by Gasteiger charge is -2.21. The van der Waals surface area contributed by atoms with Crippen molar-refractivity contribution in [2.45, 2.75) is 12.7 Å². The van der Waals surface area contributed by atoms with Gasteiger partial charge < -0.3 is 10.5 Å². The largest absolute Gasteiger partial charge is 0.411 e. The molecule has 0 aliphatic rings. The highest BCUT2D eigenvalue weighted by atomic mass is 19.4. The summed E-state index contributed by atoms with van der Waals surface area (Å²) in [6, 6.07) is 9.72. The van der Waals surface area contributed by atoms with Gasteiger partial charge in [-0.3, -0.25) is 4.90 Å². The van der Waals surface area contributed by atoms with Crippen LogP contribution in [0.5, 0.6) is 0 Å². The molecule has 0 fully saturated rings. The lowest BCUT2D eigenvalue weighted by molar-refractivity contribution is -0.174. The van der Waals surface area contributed by atoms with Gasteiger partial charge in [-0.05, 0) is 5.56 Å². The first-order chi connectivity index (χ1) is 9.01. The van der Waals surface area contributed by atoms with Crippen LogP contribution >= 0.6 is 0 Å². The molecular formula is C13H19F3N2O. The van der Waals surface area contributed by atoms with Gasteiger partial charge in [-0.2, -0.15) is 13.2 Å². The highest BCUT2D eigenvalue weighted by molar-refractivity contribution is 5.14. The lowest BCUT2D eigenvalue weighted by Crippen LogP contribution is -2.33. The average molecular weight is 276 g/mol. The maximum Gasteiger partial charge on any atom is 0.411 e.